The molecule has 122 valence electrons. The fourth-order valence-corrected chi connectivity index (χ4v) is 2.52. The fraction of sp³-hybridized carbons (Fsp3) is 0.0667. The van der Waals surface area contributed by atoms with Crippen molar-refractivity contribution in [3.05, 3.63) is 57.4 Å². The molecule has 0 radical (unpaired) electrons. The standard InChI is InChI=1S/C15H11ClN4O3S/c1-8-17-13-6-9(2-5-14(13)23-8)18-15(24)19-12-7-10(20(21)22)3-4-11(12)16/h2-7H,1H3,(H2,18,19,24). The Balaban J connectivity index is 1.77. The van der Waals surface area contributed by atoms with Crippen molar-refractivity contribution >= 4 is 57.1 Å². The highest BCUT2D eigenvalue weighted by molar-refractivity contribution is 7.80. The summed E-state index contributed by atoms with van der Waals surface area (Å²) in [7, 11) is 0. The van der Waals surface area contributed by atoms with Crippen LogP contribution in [0.15, 0.2) is 40.8 Å². The Labute approximate surface area is 146 Å². The Hall–Kier alpha value is -2.71. The van der Waals surface area contributed by atoms with Gasteiger partial charge in [-0.05, 0) is 36.5 Å². The summed E-state index contributed by atoms with van der Waals surface area (Å²) >= 11 is 11.3. The van der Waals surface area contributed by atoms with Crippen LogP contribution >= 0.6 is 23.8 Å². The lowest BCUT2D eigenvalue weighted by Crippen LogP contribution is -2.19. The van der Waals surface area contributed by atoms with Crippen molar-refractivity contribution in [1.29, 1.82) is 0 Å². The molecule has 0 aliphatic carbocycles. The number of non-ortho nitro benzene ring substituents is 1. The quantitative estimate of drug-likeness (QED) is 0.402. The zero-order valence-electron chi connectivity index (χ0n) is 12.4. The summed E-state index contributed by atoms with van der Waals surface area (Å²) in [5.41, 5.74) is 2.35. The zero-order valence-corrected chi connectivity index (χ0v) is 13.9. The first-order valence-corrected chi connectivity index (χ1v) is 7.60. The van der Waals surface area contributed by atoms with Crippen LogP contribution < -0.4 is 10.6 Å². The summed E-state index contributed by atoms with van der Waals surface area (Å²) in [5.74, 6) is 0.575. The van der Waals surface area contributed by atoms with Crippen LogP contribution in [0.25, 0.3) is 11.1 Å². The molecule has 24 heavy (non-hydrogen) atoms. The van der Waals surface area contributed by atoms with E-state index in [1.54, 1.807) is 25.1 Å². The van der Waals surface area contributed by atoms with Crippen molar-refractivity contribution in [2.75, 3.05) is 10.6 Å². The number of fused-ring (bicyclic) bond motifs is 1. The number of nitro groups is 1. The van der Waals surface area contributed by atoms with Gasteiger partial charge in [-0.25, -0.2) is 4.98 Å². The minimum atomic E-state index is -0.501. The number of anilines is 2. The third-order valence-electron chi connectivity index (χ3n) is 3.16. The maximum Gasteiger partial charge on any atom is 0.271 e. The number of rotatable bonds is 3. The van der Waals surface area contributed by atoms with Gasteiger partial charge in [-0.2, -0.15) is 0 Å². The molecular formula is C15H11ClN4O3S. The number of halogens is 1. The second-order valence-electron chi connectivity index (χ2n) is 4.92. The summed E-state index contributed by atoms with van der Waals surface area (Å²) in [4.78, 5) is 14.6. The van der Waals surface area contributed by atoms with Crippen LogP contribution in [-0.2, 0) is 0 Å². The van der Waals surface area contributed by atoms with Gasteiger partial charge in [0.15, 0.2) is 16.6 Å². The van der Waals surface area contributed by atoms with E-state index in [4.69, 9.17) is 28.2 Å². The van der Waals surface area contributed by atoms with Crippen LogP contribution in [0.5, 0.6) is 0 Å². The first-order valence-electron chi connectivity index (χ1n) is 6.81. The van der Waals surface area contributed by atoms with Gasteiger partial charge in [0.2, 0.25) is 0 Å². The topological polar surface area (TPSA) is 93.2 Å². The van der Waals surface area contributed by atoms with Crippen molar-refractivity contribution in [2.45, 2.75) is 6.92 Å². The number of hydrogen-bond acceptors (Lipinski definition) is 5. The highest BCUT2D eigenvalue weighted by Gasteiger charge is 2.11. The molecule has 0 atom stereocenters. The zero-order chi connectivity index (χ0) is 17.3. The van der Waals surface area contributed by atoms with Crippen molar-refractivity contribution in [3.8, 4) is 0 Å². The van der Waals surface area contributed by atoms with Crippen LogP contribution in [-0.4, -0.2) is 15.0 Å². The Morgan fingerprint density at radius 3 is 2.83 bits per heavy atom. The third kappa shape index (κ3) is 3.44. The monoisotopic (exact) mass is 362 g/mol. The predicted molar refractivity (Wildman–Crippen MR) is 96.7 cm³/mol. The molecule has 0 aliphatic rings. The molecule has 2 aromatic carbocycles. The summed E-state index contributed by atoms with van der Waals surface area (Å²) in [6, 6.07) is 9.44. The Kier molecular flexibility index (Phi) is 4.32. The van der Waals surface area contributed by atoms with E-state index >= 15 is 0 Å². The minimum Gasteiger partial charge on any atom is -0.441 e. The van der Waals surface area contributed by atoms with Gasteiger partial charge < -0.3 is 15.1 Å². The average Bonchev–Trinajstić information content (AvgIpc) is 2.88. The van der Waals surface area contributed by atoms with Crippen molar-refractivity contribution in [3.63, 3.8) is 0 Å². The molecule has 3 rings (SSSR count). The van der Waals surface area contributed by atoms with Crippen LogP contribution in [0.3, 0.4) is 0 Å². The van der Waals surface area contributed by atoms with E-state index in [0.717, 1.165) is 0 Å². The first-order chi connectivity index (χ1) is 11.4. The number of nitrogens with one attached hydrogen (secondary N) is 2. The lowest BCUT2D eigenvalue weighted by atomic mass is 10.2. The second-order valence-corrected chi connectivity index (χ2v) is 5.73. The largest absolute Gasteiger partial charge is 0.441 e. The van der Waals surface area contributed by atoms with E-state index < -0.39 is 4.92 Å². The Bertz CT molecular complexity index is 957. The van der Waals surface area contributed by atoms with E-state index in [0.29, 0.717) is 33.4 Å². The molecule has 1 heterocycles. The van der Waals surface area contributed by atoms with E-state index in [9.17, 15) is 10.1 Å². The SMILES string of the molecule is Cc1nc2cc(NC(=S)Nc3cc([N+](=O)[O-])ccc3Cl)ccc2o1. The van der Waals surface area contributed by atoms with Crippen LogP contribution in [0.4, 0.5) is 17.1 Å². The second kappa shape index (κ2) is 6.42. The summed E-state index contributed by atoms with van der Waals surface area (Å²) in [6.45, 7) is 1.77. The third-order valence-corrected chi connectivity index (χ3v) is 3.70. The van der Waals surface area contributed by atoms with E-state index in [-0.39, 0.29) is 10.8 Å². The molecule has 1 aromatic heterocycles. The molecule has 0 spiro atoms. The molecular weight excluding hydrogens is 352 g/mol. The highest BCUT2D eigenvalue weighted by Crippen LogP contribution is 2.27. The van der Waals surface area contributed by atoms with Gasteiger partial charge in [-0.3, -0.25) is 10.1 Å². The van der Waals surface area contributed by atoms with Crippen molar-refractivity contribution in [1.82, 2.24) is 4.98 Å². The van der Waals surface area contributed by atoms with Crippen molar-refractivity contribution < 1.29 is 9.34 Å². The molecule has 0 amide bonds. The maximum absolute atomic E-state index is 10.8. The fourth-order valence-electron chi connectivity index (χ4n) is 2.13. The smallest absolute Gasteiger partial charge is 0.271 e. The Morgan fingerprint density at radius 1 is 1.29 bits per heavy atom. The molecule has 7 nitrogen and oxygen atoms in total. The summed E-state index contributed by atoms with van der Waals surface area (Å²) in [6.07, 6.45) is 0. The van der Waals surface area contributed by atoms with Crippen LogP contribution in [0, 0.1) is 17.0 Å². The van der Waals surface area contributed by atoms with Gasteiger partial charge in [0.05, 0.1) is 15.6 Å². The number of hydrogen-bond donors (Lipinski definition) is 2. The van der Waals surface area contributed by atoms with Crippen LogP contribution in [0.1, 0.15) is 5.89 Å². The highest BCUT2D eigenvalue weighted by atomic mass is 35.5. The van der Waals surface area contributed by atoms with Crippen LogP contribution in [0.2, 0.25) is 5.02 Å². The van der Waals surface area contributed by atoms with Gasteiger partial charge in [-0.1, -0.05) is 11.6 Å². The normalized spacial score (nSPS) is 10.6. The molecule has 9 heteroatoms. The molecule has 2 N–H and O–H groups in total. The molecule has 0 bridgehead atoms. The number of aryl methyl sites for hydroxylation is 1. The predicted octanol–water partition coefficient (Wildman–Crippen LogP) is 4.51. The first kappa shape index (κ1) is 16.2. The van der Waals surface area contributed by atoms with Gasteiger partial charge in [0.1, 0.15) is 5.52 Å². The molecule has 3 aromatic rings. The number of aromatic nitrogens is 1. The van der Waals surface area contributed by atoms with E-state index in [1.807, 2.05) is 0 Å². The molecule has 0 unspecified atom stereocenters. The van der Waals surface area contributed by atoms with Gasteiger partial charge in [-0.15, -0.1) is 0 Å². The molecule has 0 aliphatic heterocycles. The lowest BCUT2D eigenvalue weighted by molar-refractivity contribution is -0.384. The lowest BCUT2D eigenvalue weighted by Gasteiger charge is -2.11. The number of thiocarbonyl (C=S) groups is 1. The van der Waals surface area contributed by atoms with Gasteiger partial charge in [0.25, 0.3) is 5.69 Å². The van der Waals surface area contributed by atoms with E-state index in [1.165, 1.54) is 18.2 Å². The minimum absolute atomic E-state index is 0.0795. The van der Waals surface area contributed by atoms with E-state index in [2.05, 4.69) is 15.6 Å². The number of oxazole rings is 1. The molecule has 0 saturated carbocycles. The number of nitro benzene ring substituents is 1. The van der Waals surface area contributed by atoms with Gasteiger partial charge in [0, 0.05) is 24.7 Å². The Morgan fingerprint density at radius 2 is 2.08 bits per heavy atom. The van der Waals surface area contributed by atoms with Crippen molar-refractivity contribution in [2.24, 2.45) is 0 Å². The van der Waals surface area contributed by atoms with Gasteiger partial charge >= 0.3 is 0 Å². The number of benzene rings is 2. The maximum atomic E-state index is 10.8. The average molecular weight is 363 g/mol. The summed E-state index contributed by atoms with van der Waals surface area (Å²) < 4.78 is 5.41. The number of nitrogens with zero attached hydrogens (tertiary/aromatic N) is 2. The summed E-state index contributed by atoms with van der Waals surface area (Å²) in [5, 5.41) is 17.2. The molecule has 0 fully saturated rings. The molecule has 0 saturated heterocycles.